The zero-order chi connectivity index (χ0) is 20.1. The molecule has 0 saturated heterocycles. The van der Waals surface area contributed by atoms with Crippen molar-refractivity contribution in [3.63, 3.8) is 0 Å². The Morgan fingerprint density at radius 2 is 1.81 bits per heavy atom. The number of aromatic nitrogens is 1. The van der Waals surface area contributed by atoms with Gasteiger partial charge < -0.3 is 20.3 Å². The minimum absolute atomic E-state index is 0.0489. The zero-order valence-corrected chi connectivity index (χ0v) is 15.7. The van der Waals surface area contributed by atoms with Crippen molar-refractivity contribution in [2.24, 2.45) is 0 Å². The molecule has 140 valence electrons. The predicted octanol–water partition coefficient (Wildman–Crippen LogP) is 3.20. The molecule has 3 N–H and O–H groups in total. The highest BCUT2D eigenvalue weighted by Gasteiger charge is 2.07. The van der Waals surface area contributed by atoms with Gasteiger partial charge in [0, 0.05) is 24.0 Å². The molecule has 2 rings (SSSR count). The lowest BCUT2D eigenvalue weighted by molar-refractivity contribution is -0.136. The molecule has 0 aliphatic rings. The summed E-state index contributed by atoms with van der Waals surface area (Å²) >= 11 is 0. The SMILES string of the molecule is CC.COc1cc(N)c(C#N)cc1OC.Cc1ccc(CC(=O)O)cn1. The number of carboxylic acids is 1. The number of carbonyl (C=O) groups is 1. The third kappa shape index (κ3) is 7.53. The number of nitriles is 1. The summed E-state index contributed by atoms with van der Waals surface area (Å²) in [5.41, 5.74) is 7.99. The average molecular weight is 359 g/mol. The Bertz CT molecular complexity index is 738. The molecule has 0 aliphatic heterocycles. The number of hydrogen-bond acceptors (Lipinski definition) is 6. The van der Waals surface area contributed by atoms with Crippen molar-refractivity contribution in [1.29, 1.82) is 5.26 Å². The summed E-state index contributed by atoms with van der Waals surface area (Å²) in [7, 11) is 3.03. The first-order valence-electron chi connectivity index (χ1n) is 7.96. The summed E-state index contributed by atoms with van der Waals surface area (Å²) in [6.07, 6.45) is 1.64. The van der Waals surface area contributed by atoms with E-state index < -0.39 is 5.97 Å². The van der Waals surface area contributed by atoms with Gasteiger partial charge in [-0.05, 0) is 18.6 Å². The largest absolute Gasteiger partial charge is 0.493 e. The number of nitrogens with two attached hydrogens (primary N) is 1. The Balaban J connectivity index is 0.000000444. The van der Waals surface area contributed by atoms with Crippen LogP contribution in [0.2, 0.25) is 0 Å². The Morgan fingerprint density at radius 1 is 1.23 bits per heavy atom. The van der Waals surface area contributed by atoms with Gasteiger partial charge in [-0.15, -0.1) is 0 Å². The number of benzene rings is 1. The lowest BCUT2D eigenvalue weighted by Gasteiger charge is -2.08. The summed E-state index contributed by atoms with van der Waals surface area (Å²) in [5.74, 6) is 0.211. The van der Waals surface area contributed by atoms with Crippen molar-refractivity contribution >= 4 is 11.7 Å². The topological polar surface area (TPSA) is 118 Å². The first kappa shape index (κ1) is 22.7. The molecule has 0 aliphatic carbocycles. The number of rotatable bonds is 4. The van der Waals surface area contributed by atoms with Crippen LogP contribution < -0.4 is 15.2 Å². The molecule has 0 unspecified atom stereocenters. The number of anilines is 1. The number of aryl methyl sites for hydroxylation is 1. The van der Waals surface area contributed by atoms with Crippen molar-refractivity contribution in [2.75, 3.05) is 20.0 Å². The van der Waals surface area contributed by atoms with E-state index in [0.29, 0.717) is 22.7 Å². The number of methoxy groups -OCH3 is 2. The Labute approximate surface area is 154 Å². The molecule has 0 saturated carbocycles. The van der Waals surface area contributed by atoms with Crippen LogP contribution >= 0.6 is 0 Å². The molecule has 0 radical (unpaired) electrons. The van der Waals surface area contributed by atoms with Crippen molar-refractivity contribution in [1.82, 2.24) is 4.98 Å². The van der Waals surface area contributed by atoms with E-state index in [1.54, 1.807) is 30.5 Å². The van der Waals surface area contributed by atoms with Crippen LogP contribution in [0.25, 0.3) is 0 Å². The van der Waals surface area contributed by atoms with Crippen molar-refractivity contribution < 1.29 is 19.4 Å². The van der Waals surface area contributed by atoms with Crippen molar-refractivity contribution in [2.45, 2.75) is 27.2 Å². The second kappa shape index (κ2) is 12.1. The molecule has 26 heavy (non-hydrogen) atoms. The number of aliphatic carboxylic acids is 1. The van der Waals surface area contributed by atoms with Gasteiger partial charge in [0.25, 0.3) is 0 Å². The van der Waals surface area contributed by atoms with Crippen LogP contribution in [-0.2, 0) is 11.2 Å². The summed E-state index contributed by atoms with van der Waals surface area (Å²) < 4.78 is 10.0. The van der Waals surface area contributed by atoms with Gasteiger partial charge in [0.1, 0.15) is 6.07 Å². The van der Waals surface area contributed by atoms with E-state index in [-0.39, 0.29) is 6.42 Å². The van der Waals surface area contributed by atoms with E-state index in [1.807, 2.05) is 26.8 Å². The van der Waals surface area contributed by atoms with Gasteiger partial charge in [0.2, 0.25) is 0 Å². The van der Waals surface area contributed by atoms with E-state index in [1.165, 1.54) is 14.2 Å². The Hall–Kier alpha value is -3.27. The van der Waals surface area contributed by atoms with E-state index >= 15 is 0 Å². The van der Waals surface area contributed by atoms with Gasteiger partial charge in [0.15, 0.2) is 11.5 Å². The van der Waals surface area contributed by atoms with Gasteiger partial charge in [-0.3, -0.25) is 9.78 Å². The van der Waals surface area contributed by atoms with Gasteiger partial charge in [-0.2, -0.15) is 5.26 Å². The van der Waals surface area contributed by atoms with Gasteiger partial charge >= 0.3 is 5.97 Å². The zero-order valence-electron chi connectivity index (χ0n) is 15.7. The standard InChI is InChI=1S/C9H10N2O2.C8H9NO2.C2H6/c1-12-8-3-6(5-10)7(11)4-9(8)13-2;1-6-2-3-7(5-9-6)4-8(10)11;1-2/h3-4H,11H2,1-2H3;2-3,5H,4H2,1H3,(H,10,11);1-2H3. The van der Waals surface area contributed by atoms with Gasteiger partial charge in [-0.1, -0.05) is 19.9 Å². The minimum atomic E-state index is -0.823. The minimum Gasteiger partial charge on any atom is -0.493 e. The Morgan fingerprint density at radius 3 is 2.23 bits per heavy atom. The van der Waals surface area contributed by atoms with Crippen LogP contribution in [0, 0.1) is 18.3 Å². The molecule has 0 spiro atoms. The molecular formula is C19H25N3O4. The van der Waals surface area contributed by atoms with E-state index in [2.05, 4.69) is 4.98 Å². The predicted molar refractivity (Wildman–Crippen MR) is 100 cm³/mol. The fourth-order valence-electron chi connectivity index (χ4n) is 1.77. The van der Waals surface area contributed by atoms with Crippen LogP contribution in [-0.4, -0.2) is 30.3 Å². The summed E-state index contributed by atoms with van der Waals surface area (Å²) in [5, 5.41) is 17.1. The highest BCUT2D eigenvalue weighted by molar-refractivity contribution is 5.69. The average Bonchev–Trinajstić information content (AvgIpc) is 2.65. The lowest BCUT2D eigenvalue weighted by Crippen LogP contribution is -2.00. The smallest absolute Gasteiger partial charge is 0.307 e. The van der Waals surface area contributed by atoms with Crippen LogP contribution in [0.3, 0.4) is 0 Å². The maximum atomic E-state index is 10.2. The molecule has 1 heterocycles. The molecule has 1 aromatic heterocycles. The number of hydrogen-bond donors (Lipinski definition) is 2. The fourth-order valence-corrected chi connectivity index (χ4v) is 1.77. The lowest BCUT2D eigenvalue weighted by atomic mass is 10.2. The molecular weight excluding hydrogens is 334 g/mol. The van der Waals surface area contributed by atoms with E-state index in [9.17, 15) is 4.79 Å². The first-order chi connectivity index (χ1) is 12.4. The van der Waals surface area contributed by atoms with Gasteiger partial charge in [-0.25, -0.2) is 0 Å². The van der Waals surface area contributed by atoms with Crippen LogP contribution in [0.15, 0.2) is 30.5 Å². The van der Waals surface area contributed by atoms with Crippen molar-refractivity contribution in [3.8, 4) is 17.6 Å². The summed E-state index contributed by atoms with van der Waals surface area (Å²) in [6.45, 7) is 5.87. The second-order valence-corrected chi connectivity index (χ2v) is 4.78. The monoisotopic (exact) mass is 359 g/mol. The highest BCUT2D eigenvalue weighted by atomic mass is 16.5. The third-order valence-corrected chi connectivity index (χ3v) is 3.00. The first-order valence-corrected chi connectivity index (χ1v) is 7.96. The number of pyridine rings is 1. The normalized spacial score (nSPS) is 8.77. The number of nitrogens with zero attached hydrogens (tertiary/aromatic N) is 2. The highest BCUT2D eigenvalue weighted by Crippen LogP contribution is 2.31. The molecule has 0 bridgehead atoms. The maximum Gasteiger partial charge on any atom is 0.307 e. The molecule has 1 aromatic carbocycles. The second-order valence-electron chi connectivity index (χ2n) is 4.78. The van der Waals surface area contributed by atoms with E-state index in [0.717, 1.165) is 11.3 Å². The molecule has 7 nitrogen and oxygen atoms in total. The maximum absolute atomic E-state index is 10.2. The van der Waals surface area contributed by atoms with Crippen LogP contribution in [0.1, 0.15) is 30.7 Å². The third-order valence-electron chi connectivity index (χ3n) is 3.00. The Kier molecular flexibility index (Phi) is 10.6. The molecule has 7 heteroatoms. The molecule has 2 aromatic rings. The molecule has 0 fully saturated rings. The van der Waals surface area contributed by atoms with Gasteiger partial charge in [0.05, 0.1) is 31.9 Å². The van der Waals surface area contributed by atoms with Crippen LogP contribution in [0.4, 0.5) is 5.69 Å². The number of carboxylic acid groups (broad SMARTS) is 1. The quantitative estimate of drug-likeness (QED) is 0.805. The summed E-state index contributed by atoms with van der Waals surface area (Å²) in [4.78, 5) is 14.2. The van der Waals surface area contributed by atoms with Crippen LogP contribution in [0.5, 0.6) is 11.5 Å². The molecule has 0 amide bonds. The van der Waals surface area contributed by atoms with Crippen molar-refractivity contribution in [3.05, 3.63) is 47.3 Å². The number of nitrogen functional groups attached to an aromatic ring is 1. The molecule has 0 atom stereocenters. The van der Waals surface area contributed by atoms with E-state index in [4.69, 9.17) is 25.6 Å². The fraction of sp³-hybridized carbons (Fsp3) is 0.316. The summed E-state index contributed by atoms with van der Waals surface area (Å²) in [6, 6.07) is 8.66. The number of ether oxygens (including phenoxy) is 2.